The molecule has 0 aliphatic carbocycles. The smallest absolute Gasteiger partial charge is 0.242 e. The maximum Gasteiger partial charge on any atom is 0.242 e. The molecule has 0 aliphatic rings. The van der Waals surface area contributed by atoms with Gasteiger partial charge in [-0.15, -0.1) is 0 Å². The minimum atomic E-state index is -3.55. The lowest BCUT2D eigenvalue weighted by atomic mass is 10.1. The second-order valence-electron chi connectivity index (χ2n) is 10.2. The number of anilines is 1. The average molecular weight is 536 g/mol. The Kier molecular flexibility index (Phi) is 9.97. The largest absolute Gasteiger partial charge is 0.350 e. The van der Waals surface area contributed by atoms with Crippen molar-refractivity contribution in [3.05, 3.63) is 64.2 Å². The van der Waals surface area contributed by atoms with Crippen molar-refractivity contribution < 1.29 is 18.0 Å². The highest BCUT2D eigenvalue weighted by Crippen LogP contribution is 2.25. The number of carbonyl (C=O) groups excluding carboxylic acids is 2. The standard InChI is InChI=1S/C27H38ClN3O4S/c1-19-10-8-11-24(20(19)2)31(36(7,34)35)17-9-12-25(32)30(18-22-13-15-23(28)16-14-22)21(3)26(33)29-27(4,5)6/h8,10-11,13-16,21H,9,12,17-18H2,1-7H3,(H,29,33)/t21-/m0/s1. The predicted octanol–water partition coefficient (Wildman–Crippen LogP) is 4.84. The van der Waals surface area contributed by atoms with Gasteiger partial charge in [0, 0.05) is 30.1 Å². The number of nitrogens with zero attached hydrogens (tertiary/aromatic N) is 2. The molecule has 36 heavy (non-hydrogen) atoms. The molecule has 0 radical (unpaired) electrons. The molecule has 0 fully saturated rings. The molecule has 1 N–H and O–H groups in total. The van der Waals surface area contributed by atoms with E-state index in [0.29, 0.717) is 17.1 Å². The van der Waals surface area contributed by atoms with Crippen LogP contribution in [0.2, 0.25) is 5.02 Å². The SMILES string of the molecule is Cc1cccc(N(CCCC(=O)N(Cc2ccc(Cl)cc2)[C@@H](C)C(=O)NC(C)(C)C)S(C)(=O)=O)c1C. The topological polar surface area (TPSA) is 86.8 Å². The van der Waals surface area contributed by atoms with Crippen LogP contribution in [-0.4, -0.2) is 49.5 Å². The zero-order chi connectivity index (χ0) is 27.3. The van der Waals surface area contributed by atoms with Gasteiger partial charge < -0.3 is 10.2 Å². The highest BCUT2D eigenvalue weighted by atomic mass is 35.5. The number of hydrogen-bond donors (Lipinski definition) is 1. The zero-order valence-electron chi connectivity index (χ0n) is 22.3. The van der Waals surface area contributed by atoms with E-state index in [9.17, 15) is 18.0 Å². The van der Waals surface area contributed by atoms with Gasteiger partial charge in [-0.25, -0.2) is 8.42 Å². The molecule has 0 aliphatic heterocycles. The molecule has 0 bridgehead atoms. The van der Waals surface area contributed by atoms with Crippen LogP contribution in [0.15, 0.2) is 42.5 Å². The monoisotopic (exact) mass is 535 g/mol. The summed E-state index contributed by atoms with van der Waals surface area (Å²) in [4.78, 5) is 27.8. The third-order valence-corrected chi connectivity index (χ3v) is 7.36. The van der Waals surface area contributed by atoms with E-state index in [0.717, 1.165) is 16.7 Å². The molecular weight excluding hydrogens is 498 g/mol. The normalized spacial score (nSPS) is 12.7. The first kappa shape index (κ1) is 29.6. The average Bonchev–Trinajstić information content (AvgIpc) is 2.76. The lowest BCUT2D eigenvalue weighted by Gasteiger charge is -2.32. The summed E-state index contributed by atoms with van der Waals surface area (Å²) in [6, 6.07) is 12.0. The number of hydrogen-bond acceptors (Lipinski definition) is 4. The van der Waals surface area contributed by atoms with Crippen molar-refractivity contribution >= 4 is 39.1 Å². The fourth-order valence-corrected chi connectivity index (χ4v) is 4.97. The van der Waals surface area contributed by atoms with Crippen molar-refractivity contribution in [1.29, 1.82) is 0 Å². The van der Waals surface area contributed by atoms with Crippen molar-refractivity contribution in [3.8, 4) is 0 Å². The lowest BCUT2D eigenvalue weighted by Crippen LogP contribution is -2.52. The first-order valence-electron chi connectivity index (χ1n) is 12.0. The van der Waals surface area contributed by atoms with Crippen LogP contribution >= 0.6 is 11.6 Å². The molecule has 0 aromatic heterocycles. The molecule has 2 aromatic carbocycles. The van der Waals surface area contributed by atoms with Gasteiger partial charge in [-0.1, -0.05) is 35.9 Å². The number of benzene rings is 2. The Balaban J connectivity index is 2.22. The highest BCUT2D eigenvalue weighted by Gasteiger charge is 2.29. The molecule has 2 aromatic rings. The third-order valence-electron chi connectivity index (χ3n) is 5.93. The van der Waals surface area contributed by atoms with Crippen molar-refractivity contribution in [3.63, 3.8) is 0 Å². The first-order valence-corrected chi connectivity index (χ1v) is 14.2. The minimum absolute atomic E-state index is 0.0949. The van der Waals surface area contributed by atoms with E-state index in [-0.39, 0.29) is 31.3 Å². The summed E-state index contributed by atoms with van der Waals surface area (Å²) in [7, 11) is -3.55. The minimum Gasteiger partial charge on any atom is -0.350 e. The molecule has 2 amide bonds. The number of amides is 2. The van der Waals surface area contributed by atoms with Gasteiger partial charge in [0.15, 0.2) is 0 Å². The summed E-state index contributed by atoms with van der Waals surface area (Å²) in [6.45, 7) is 11.6. The fraction of sp³-hybridized carbons (Fsp3) is 0.481. The summed E-state index contributed by atoms with van der Waals surface area (Å²) in [5, 5.41) is 3.52. The van der Waals surface area contributed by atoms with E-state index in [2.05, 4.69) is 5.32 Å². The van der Waals surface area contributed by atoms with Crippen LogP contribution in [0.5, 0.6) is 0 Å². The Morgan fingerprint density at radius 1 is 1.06 bits per heavy atom. The highest BCUT2D eigenvalue weighted by molar-refractivity contribution is 7.92. The zero-order valence-corrected chi connectivity index (χ0v) is 23.8. The van der Waals surface area contributed by atoms with Crippen LogP contribution in [0, 0.1) is 13.8 Å². The molecule has 0 heterocycles. The molecule has 0 unspecified atom stereocenters. The van der Waals surface area contributed by atoms with Gasteiger partial charge in [0.1, 0.15) is 6.04 Å². The Labute approximate surface area is 220 Å². The number of nitrogens with one attached hydrogen (secondary N) is 1. The molecule has 0 saturated carbocycles. The maximum atomic E-state index is 13.4. The van der Waals surface area contributed by atoms with E-state index >= 15 is 0 Å². The maximum absolute atomic E-state index is 13.4. The number of halogens is 1. The van der Waals surface area contributed by atoms with Gasteiger partial charge in [0.2, 0.25) is 21.8 Å². The molecule has 0 saturated heterocycles. The van der Waals surface area contributed by atoms with Crippen LogP contribution < -0.4 is 9.62 Å². The van der Waals surface area contributed by atoms with E-state index in [1.165, 1.54) is 15.5 Å². The van der Waals surface area contributed by atoms with Gasteiger partial charge in [0.25, 0.3) is 0 Å². The molecule has 9 heteroatoms. The summed E-state index contributed by atoms with van der Waals surface area (Å²) >= 11 is 6.00. The van der Waals surface area contributed by atoms with E-state index in [4.69, 9.17) is 11.6 Å². The predicted molar refractivity (Wildman–Crippen MR) is 147 cm³/mol. The van der Waals surface area contributed by atoms with Gasteiger partial charge in [-0.05, 0) is 82.9 Å². The van der Waals surface area contributed by atoms with Crippen molar-refractivity contribution in [1.82, 2.24) is 10.2 Å². The van der Waals surface area contributed by atoms with Gasteiger partial charge >= 0.3 is 0 Å². The molecular formula is C27H38ClN3O4S. The second kappa shape index (κ2) is 12.1. The second-order valence-corrected chi connectivity index (χ2v) is 12.6. The summed E-state index contributed by atoms with van der Waals surface area (Å²) in [5.74, 6) is -0.478. The van der Waals surface area contributed by atoms with Gasteiger partial charge in [-0.2, -0.15) is 0 Å². The Morgan fingerprint density at radius 3 is 2.22 bits per heavy atom. The Bertz CT molecular complexity index is 1170. The number of sulfonamides is 1. The molecule has 2 rings (SSSR count). The Morgan fingerprint density at radius 2 is 1.67 bits per heavy atom. The van der Waals surface area contributed by atoms with Gasteiger partial charge in [0.05, 0.1) is 11.9 Å². The van der Waals surface area contributed by atoms with E-state index < -0.39 is 21.6 Å². The molecule has 198 valence electrons. The van der Waals surface area contributed by atoms with E-state index in [1.807, 2.05) is 58.9 Å². The molecule has 1 atom stereocenters. The van der Waals surface area contributed by atoms with Crippen molar-refractivity contribution in [2.75, 3.05) is 17.1 Å². The van der Waals surface area contributed by atoms with Crippen LogP contribution in [0.4, 0.5) is 5.69 Å². The molecule has 7 nitrogen and oxygen atoms in total. The van der Waals surface area contributed by atoms with Crippen molar-refractivity contribution in [2.45, 2.75) is 72.5 Å². The Hall–Kier alpha value is -2.58. The lowest BCUT2D eigenvalue weighted by molar-refractivity contribution is -0.141. The third kappa shape index (κ3) is 8.52. The van der Waals surface area contributed by atoms with Crippen LogP contribution in [0.25, 0.3) is 0 Å². The fourth-order valence-electron chi connectivity index (χ4n) is 3.83. The van der Waals surface area contributed by atoms with Crippen LogP contribution in [0.1, 0.15) is 57.2 Å². The summed E-state index contributed by atoms with van der Waals surface area (Å²) in [6.07, 6.45) is 1.57. The molecule has 0 spiro atoms. The van der Waals surface area contributed by atoms with Crippen molar-refractivity contribution in [2.24, 2.45) is 0 Å². The van der Waals surface area contributed by atoms with Crippen LogP contribution in [-0.2, 0) is 26.2 Å². The summed E-state index contributed by atoms with van der Waals surface area (Å²) in [5.41, 5.74) is 2.88. The van der Waals surface area contributed by atoms with Gasteiger partial charge in [-0.3, -0.25) is 13.9 Å². The number of rotatable bonds is 10. The number of carbonyl (C=O) groups is 2. The van der Waals surface area contributed by atoms with E-state index in [1.54, 1.807) is 25.1 Å². The first-order chi connectivity index (χ1) is 16.6. The van der Waals surface area contributed by atoms with Crippen LogP contribution in [0.3, 0.4) is 0 Å². The number of aryl methyl sites for hydroxylation is 1. The summed E-state index contributed by atoms with van der Waals surface area (Å²) < 4.78 is 26.5. The quantitative estimate of drug-likeness (QED) is 0.472.